The molecule has 0 aliphatic rings. The number of imidazole rings is 1. The lowest BCUT2D eigenvalue weighted by Crippen LogP contribution is -2.42. The van der Waals surface area contributed by atoms with Gasteiger partial charge in [-0.15, -0.1) is 0 Å². The van der Waals surface area contributed by atoms with E-state index in [1.54, 1.807) is 18.2 Å². The lowest BCUT2D eigenvalue weighted by Gasteiger charge is -2.22. The number of para-hydroxylation sites is 1. The first-order chi connectivity index (χ1) is 14.8. The summed E-state index contributed by atoms with van der Waals surface area (Å²) < 4.78 is 33.9. The molecule has 6 N–H and O–H groups in total. The van der Waals surface area contributed by atoms with Crippen molar-refractivity contribution in [3.05, 3.63) is 47.9 Å². The van der Waals surface area contributed by atoms with Crippen LogP contribution in [-0.4, -0.2) is 68.6 Å². The van der Waals surface area contributed by atoms with Gasteiger partial charge in [0.2, 0.25) is 10.0 Å². The van der Waals surface area contributed by atoms with Crippen LogP contribution >= 0.6 is 0 Å². The molecule has 0 spiro atoms. The number of anilines is 1. The number of aromatic nitrogens is 4. The Morgan fingerprint density at radius 2 is 2.03 bits per heavy atom. The lowest BCUT2D eigenvalue weighted by atomic mass is 10.2. The van der Waals surface area contributed by atoms with Gasteiger partial charge in [-0.25, -0.2) is 28.1 Å². The Morgan fingerprint density at radius 1 is 1.26 bits per heavy atom. The number of nitrogen functional groups attached to an aromatic ring is 1. The quantitative estimate of drug-likeness (QED) is 0.267. The van der Waals surface area contributed by atoms with Crippen molar-refractivity contribution in [1.29, 1.82) is 0 Å². The molecule has 0 aliphatic heterocycles. The van der Waals surface area contributed by atoms with E-state index in [-0.39, 0.29) is 24.8 Å². The molecule has 12 nitrogen and oxygen atoms in total. The maximum Gasteiger partial charge on any atom is 0.233 e. The molecular weight excluding hydrogens is 428 g/mol. The summed E-state index contributed by atoms with van der Waals surface area (Å²) in [5, 5.41) is 29.9. The summed E-state index contributed by atoms with van der Waals surface area (Å²) in [5.74, 6) is 0.127. The average molecular weight is 450 g/mol. The molecule has 13 heteroatoms. The molecule has 1 unspecified atom stereocenters. The number of aromatic hydroxyl groups is 1. The predicted octanol–water partition coefficient (Wildman–Crippen LogP) is -0.600. The zero-order valence-corrected chi connectivity index (χ0v) is 17.1. The fourth-order valence-corrected chi connectivity index (χ4v) is 3.45. The Hall–Kier alpha value is -3.10. The number of hydrogen-bond donors (Lipinski definition) is 5. The standard InChI is InChI=1S/C18H22N6O6S/c19-17-16-18(21-9-20-17)24(10-22-16)11-30-15(14(27)8-25)7-23-31(28,29)6-5-12-3-1-2-4-13(12)26/h1-6,9-10,14-15,23,25-27H,7-8,11H2,(H2,19,20,21)/b6-5+/t14?,15-/m1/s1. The maximum atomic E-state index is 12.3. The smallest absolute Gasteiger partial charge is 0.233 e. The number of nitrogens with zero attached hydrogens (tertiary/aromatic N) is 4. The van der Waals surface area contributed by atoms with Gasteiger partial charge in [-0.1, -0.05) is 18.2 Å². The highest BCUT2D eigenvalue weighted by atomic mass is 32.2. The van der Waals surface area contributed by atoms with Crippen molar-refractivity contribution in [2.45, 2.75) is 18.9 Å². The van der Waals surface area contributed by atoms with Gasteiger partial charge in [0, 0.05) is 17.5 Å². The van der Waals surface area contributed by atoms with Crippen LogP contribution in [0.3, 0.4) is 0 Å². The molecule has 0 saturated heterocycles. The van der Waals surface area contributed by atoms with E-state index in [1.807, 2.05) is 0 Å². The molecule has 0 amide bonds. The van der Waals surface area contributed by atoms with E-state index in [0.717, 1.165) is 5.41 Å². The van der Waals surface area contributed by atoms with Crippen LogP contribution in [0.2, 0.25) is 0 Å². The van der Waals surface area contributed by atoms with Gasteiger partial charge in [0.15, 0.2) is 11.5 Å². The number of nitrogens with two attached hydrogens (primary N) is 1. The lowest BCUT2D eigenvalue weighted by molar-refractivity contribution is -0.0765. The van der Waals surface area contributed by atoms with Crippen molar-refractivity contribution in [3.8, 4) is 5.75 Å². The number of rotatable bonds is 10. The number of sulfonamides is 1. The molecule has 3 rings (SSSR count). The van der Waals surface area contributed by atoms with Gasteiger partial charge in [0.05, 0.1) is 12.9 Å². The van der Waals surface area contributed by atoms with Crippen LogP contribution in [-0.2, 0) is 21.5 Å². The second-order valence-electron chi connectivity index (χ2n) is 6.48. The van der Waals surface area contributed by atoms with Crippen molar-refractivity contribution in [2.24, 2.45) is 0 Å². The van der Waals surface area contributed by atoms with E-state index in [9.17, 15) is 23.7 Å². The van der Waals surface area contributed by atoms with Crippen LogP contribution in [0.5, 0.6) is 5.75 Å². The normalized spacial score (nSPS) is 14.3. The van der Waals surface area contributed by atoms with Crippen LogP contribution in [0, 0.1) is 0 Å². The molecule has 2 heterocycles. The van der Waals surface area contributed by atoms with Gasteiger partial charge in [0.1, 0.15) is 36.5 Å². The van der Waals surface area contributed by atoms with Crippen molar-refractivity contribution < 1.29 is 28.5 Å². The Kier molecular flexibility index (Phi) is 7.14. The van der Waals surface area contributed by atoms with Gasteiger partial charge in [-0.3, -0.25) is 4.57 Å². The first-order valence-electron chi connectivity index (χ1n) is 9.08. The number of benzene rings is 1. The molecule has 0 bridgehead atoms. The average Bonchev–Trinajstić information content (AvgIpc) is 3.17. The minimum atomic E-state index is -3.92. The molecule has 2 atom stereocenters. The highest BCUT2D eigenvalue weighted by Gasteiger charge is 2.22. The number of nitrogens with one attached hydrogen (secondary N) is 1. The van der Waals surface area contributed by atoms with Crippen molar-refractivity contribution in [1.82, 2.24) is 24.2 Å². The fraction of sp³-hybridized carbons (Fsp3) is 0.278. The number of phenols is 1. The third-order valence-electron chi connectivity index (χ3n) is 4.32. The number of aliphatic hydroxyl groups is 2. The van der Waals surface area contributed by atoms with Gasteiger partial charge >= 0.3 is 0 Å². The number of phenolic OH excluding ortho intramolecular Hbond substituents is 1. The largest absolute Gasteiger partial charge is 0.507 e. The molecule has 0 radical (unpaired) electrons. The first kappa shape index (κ1) is 22.6. The Labute approximate surface area is 177 Å². The molecule has 0 aliphatic carbocycles. The zero-order valence-electron chi connectivity index (χ0n) is 16.2. The summed E-state index contributed by atoms with van der Waals surface area (Å²) in [4.78, 5) is 12.0. The van der Waals surface area contributed by atoms with Crippen LogP contribution in [0.25, 0.3) is 17.2 Å². The monoisotopic (exact) mass is 450 g/mol. The second-order valence-corrected chi connectivity index (χ2v) is 8.14. The van der Waals surface area contributed by atoms with Crippen LogP contribution in [0.1, 0.15) is 5.56 Å². The van der Waals surface area contributed by atoms with Gasteiger partial charge < -0.3 is 25.8 Å². The predicted molar refractivity (Wildman–Crippen MR) is 112 cm³/mol. The topological polar surface area (TPSA) is 186 Å². The fourth-order valence-electron chi connectivity index (χ4n) is 2.63. The number of hydrogen-bond acceptors (Lipinski definition) is 10. The summed E-state index contributed by atoms with van der Waals surface area (Å²) >= 11 is 0. The SMILES string of the molecule is Nc1ncnc2c1ncn2CO[C@H](CNS(=O)(=O)/C=C/c1ccccc1O)C(O)CO. The van der Waals surface area contributed by atoms with E-state index < -0.39 is 28.8 Å². The molecule has 166 valence electrons. The second kappa shape index (κ2) is 9.80. The van der Waals surface area contributed by atoms with Gasteiger partial charge in [0.25, 0.3) is 0 Å². The van der Waals surface area contributed by atoms with E-state index in [1.165, 1.54) is 29.4 Å². The molecule has 0 saturated carbocycles. The molecule has 31 heavy (non-hydrogen) atoms. The Bertz CT molecular complexity index is 1170. The number of fused-ring (bicyclic) bond motifs is 1. The van der Waals surface area contributed by atoms with Crippen molar-refractivity contribution in [2.75, 3.05) is 18.9 Å². The summed E-state index contributed by atoms with van der Waals surface area (Å²) in [5.41, 5.74) is 6.83. The zero-order chi connectivity index (χ0) is 22.4. The van der Waals surface area contributed by atoms with Crippen molar-refractivity contribution in [3.63, 3.8) is 0 Å². The van der Waals surface area contributed by atoms with E-state index in [4.69, 9.17) is 10.5 Å². The number of aliphatic hydroxyl groups excluding tert-OH is 2. The first-order valence-corrected chi connectivity index (χ1v) is 10.6. The Morgan fingerprint density at radius 3 is 2.77 bits per heavy atom. The summed E-state index contributed by atoms with van der Waals surface area (Å²) in [6.07, 6.45) is 1.49. The van der Waals surface area contributed by atoms with E-state index in [2.05, 4.69) is 19.7 Å². The van der Waals surface area contributed by atoms with Gasteiger partial charge in [-0.05, 0) is 12.1 Å². The van der Waals surface area contributed by atoms with Crippen LogP contribution in [0.15, 0.2) is 42.3 Å². The van der Waals surface area contributed by atoms with Crippen molar-refractivity contribution >= 4 is 33.1 Å². The highest BCUT2D eigenvalue weighted by Crippen LogP contribution is 2.17. The molecule has 3 aromatic rings. The van der Waals surface area contributed by atoms with Crippen LogP contribution in [0.4, 0.5) is 5.82 Å². The molecule has 2 aromatic heterocycles. The molecular formula is C18H22N6O6S. The summed E-state index contributed by atoms with van der Waals surface area (Å²) in [6, 6.07) is 6.24. The minimum absolute atomic E-state index is 0.0668. The van der Waals surface area contributed by atoms with E-state index in [0.29, 0.717) is 16.7 Å². The summed E-state index contributed by atoms with van der Waals surface area (Å²) in [6.45, 7) is -1.09. The summed E-state index contributed by atoms with van der Waals surface area (Å²) in [7, 11) is -3.92. The number of ether oxygens (including phenoxy) is 1. The molecule has 1 aromatic carbocycles. The third-order valence-corrected chi connectivity index (χ3v) is 5.39. The van der Waals surface area contributed by atoms with Gasteiger partial charge in [-0.2, -0.15) is 0 Å². The van der Waals surface area contributed by atoms with E-state index >= 15 is 0 Å². The van der Waals surface area contributed by atoms with Crippen LogP contribution < -0.4 is 10.5 Å². The minimum Gasteiger partial charge on any atom is -0.507 e. The maximum absolute atomic E-state index is 12.3. The Balaban J connectivity index is 1.65. The third kappa shape index (κ3) is 5.74. The highest BCUT2D eigenvalue weighted by molar-refractivity contribution is 7.92. The molecule has 0 fully saturated rings.